The molecule has 0 fully saturated rings. The quantitative estimate of drug-likeness (QED) is 0.376. The minimum Gasteiger partial charge on any atom is -0.467 e. The molecule has 0 aliphatic heterocycles. The van der Waals surface area contributed by atoms with Crippen LogP contribution in [0.2, 0.25) is 0 Å². The zero-order valence-corrected chi connectivity index (χ0v) is 19.3. The molecule has 0 unspecified atom stereocenters. The van der Waals surface area contributed by atoms with Gasteiger partial charge in [0.25, 0.3) is 5.91 Å². The maximum atomic E-state index is 14.0. The summed E-state index contributed by atoms with van der Waals surface area (Å²) >= 11 is 0. The Morgan fingerprint density at radius 2 is 1.74 bits per heavy atom. The number of halogens is 3. The van der Waals surface area contributed by atoms with Crippen molar-refractivity contribution < 1.29 is 22.7 Å². The molecule has 0 radical (unpaired) electrons. The van der Waals surface area contributed by atoms with Crippen molar-refractivity contribution in [1.82, 2.24) is 20.1 Å². The number of aryl methyl sites for hydroxylation is 2. The number of alkyl halides is 3. The van der Waals surface area contributed by atoms with Gasteiger partial charge in [0, 0.05) is 24.7 Å². The summed E-state index contributed by atoms with van der Waals surface area (Å²) in [7, 11) is 1.52. The van der Waals surface area contributed by atoms with E-state index in [0.29, 0.717) is 5.56 Å². The van der Waals surface area contributed by atoms with Crippen LogP contribution in [0.15, 0.2) is 66.7 Å². The van der Waals surface area contributed by atoms with Crippen molar-refractivity contribution in [2.75, 3.05) is 6.61 Å². The summed E-state index contributed by atoms with van der Waals surface area (Å²) in [5.74, 6) is -0.726. The molecule has 1 amide bonds. The number of carbonyl (C=O) groups is 1. The molecule has 1 N–H and O–H groups in total. The van der Waals surface area contributed by atoms with Gasteiger partial charge in [-0.3, -0.25) is 4.79 Å². The number of nitrogens with zero attached hydrogens (tertiary/aromatic N) is 3. The lowest BCUT2D eigenvalue weighted by molar-refractivity contribution is -0.136. The van der Waals surface area contributed by atoms with E-state index in [1.807, 2.05) is 37.3 Å². The van der Waals surface area contributed by atoms with E-state index in [4.69, 9.17) is 4.74 Å². The van der Waals surface area contributed by atoms with Gasteiger partial charge in [-0.15, -0.1) is 0 Å². The molecule has 0 aliphatic carbocycles. The Hall–Kier alpha value is -3.88. The van der Waals surface area contributed by atoms with E-state index in [9.17, 15) is 18.0 Å². The molecule has 4 aromatic rings. The van der Waals surface area contributed by atoms with Gasteiger partial charge >= 0.3 is 6.18 Å². The second-order valence-corrected chi connectivity index (χ2v) is 8.32. The summed E-state index contributed by atoms with van der Waals surface area (Å²) in [5, 5.41) is 6.97. The molecular formula is C26H25F3N4O2. The maximum absolute atomic E-state index is 14.0. The van der Waals surface area contributed by atoms with E-state index in [0.717, 1.165) is 24.5 Å². The third kappa shape index (κ3) is 5.79. The lowest BCUT2D eigenvalue weighted by Gasteiger charge is -2.15. The molecule has 35 heavy (non-hydrogen) atoms. The first kappa shape index (κ1) is 24.3. The van der Waals surface area contributed by atoms with E-state index in [2.05, 4.69) is 15.4 Å². The van der Waals surface area contributed by atoms with Crippen LogP contribution in [-0.4, -0.2) is 33.3 Å². The first-order valence-corrected chi connectivity index (χ1v) is 11.2. The highest BCUT2D eigenvalue weighted by atomic mass is 19.4. The van der Waals surface area contributed by atoms with Crippen molar-refractivity contribution in [3.63, 3.8) is 0 Å². The highest BCUT2D eigenvalue weighted by molar-refractivity contribution is 5.94. The van der Waals surface area contributed by atoms with Crippen molar-refractivity contribution in [2.24, 2.45) is 7.05 Å². The zero-order valence-electron chi connectivity index (χ0n) is 19.3. The predicted molar refractivity (Wildman–Crippen MR) is 127 cm³/mol. The molecule has 0 bridgehead atoms. The van der Waals surface area contributed by atoms with Gasteiger partial charge in [0.2, 0.25) is 5.88 Å². The van der Waals surface area contributed by atoms with Gasteiger partial charge in [-0.25, -0.2) is 4.68 Å². The van der Waals surface area contributed by atoms with E-state index >= 15 is 0 Å². The number of ether oxygens (including phenoxy) is 1. The molecular weight excluding hydrogens is 457 g/mol. The molecule has 9 heteroatoms. The summed E-state index contributed by atoms with van der Waals surface area (Å²) in [6.07, 6.45) is -3.16. The van der Waals surface area contributed by atoms with Gasteiger partial charge in [-0.2, -0.15) is 23.3 Å². The molecule has 0 saturated heterocycles. The summed E-state index contributed by atoms with van der Waals surface area (Å²) < 4.78 is 48.7. The summed E-state index contributed by atoms with van der Waals surface area (Å²) in [6.45, 7) is 1.42. The number of benzene rings is 2. The number of aromatic nitrogens is 3. The van der Waals surface area contributed by atoms with Crippen LogP contribution in [0, 0.1) is 0 Å². The van der Waals surface area contributed by atoms with Gasteiger partial charge in [-0.05, 0) is 25.3 Å². The third-order valence-electron chi connectivity index (χ3n) is 5.59. The van der Waals surface area contributed by atoms with Crippen LogP contribution in [0.4, 0.5) is 13.2 Å². The first-order chi connectivity index (χ1) is 16.7. The van der Waals surface area contributed by atoms with Crippen LogP contribution >= 0.6 is 0 Å². The van der Waals surface area contributed by atoms with Crippen LogP contribution < -0.4 is 10.1 Å². The molecule has 2 aromatic heterocycles. The molecule has 2 heterocycles. The molecule has 4 rings (SSSR count). The van der Waals surface area contributed by atoms with Gasteiger partial charge < -0.3 is 10.1 Å². The minimum atomic E-state index is -4.67. The zero-order chi connectivity index (χ0) is 25.0. The largest absolute Gasteiger partial charge is 0.467 e. The van der Waals surface area contributed by atoms with E-state index < -0.39 is 24.3 Å². The molecule has 2 aromatic carbocycles. The number of fused-ring (bicyclic) bond motifs is 1. The van der Waals surface area contributed by atoms with Crippen LogP contribution in [0.3, 0.4) is 0 Å². The average molecular weight is 483 g/mol. The SMILES string of the molecule is C[C@H](CCc1ccccc1)NC(=O)COc1cc(C(F)(F)F)c2c(-c3ccccc3)nn(C)c2n1. The number of rotatable bonds is 8. The highest BCUT2D eigenvalue weighted by Gasteiger charge is 2.36. The highest BCUT2D eigenvalue weighted by Crippen LogP contribution is 2.40. The Bertz CT molecular complexity index is 1310. The van der Waals surface area contributed by atoms with Crippen LogP contribution in [0.25, 0.3) is 22.3 Å². The molecule has 0 spiro atoms. The van der Waals surface area contributed by atoms with Gasteiger partial charge in [-0.1, -0.05) is 60.7 Å². The summed E-state index contributed by atoms with van der Waals surface area (Å²) in [4.78, 5) is 16.6. The molecule has 0 aliphatic rings. The second-order valence-electron chi connectivity index (χ2n) is 8.32. The molecule has 182 valence electrons. The Balaban J connectivity index is 1.50. The standard InChI is InChI=1S/C26H25F3N4O2/c1-17(13-14-18-9-5-3-6-10-18)30-21(34)16-35-22-15-20(26(27,28)29)23-24(19-11-7-4-8-12-19)32-33(2)25(23)31-22/h3-12,15,17H,13-14,16H2,1-2H3,(H,30,34)/t17-/m1/s1. The van der Waals surface area contributed by atoms with Crippen molar-refractivity contribution in [1.29, 1.82) is 0 Å². The Morgan fingerprint density at radius 1 is 1.09 bits per heavy atom. The normalized spacial score (nSPS) is 12.5. The third-order valence-corrected chi connectivity index (χ3v) is 5.59. The minimum absolute atomic E-state index is 0.0188. The summed E-state index contributed by atoms with van der Waals surface area (Å²) in [5.41, 5.74) is 0.988. The van der Waals surface area contributed by atoms with Crippen molar-refractivity contribution >= 4 is 16.9 Å². The van der Waals surface area contributed by atoms with Crippen LogP contribution in [0.1, 0.15) is 24.5 Å². The number of hydrogen-bond donors (Lipinski definition) is 1. The second kappa shape index (κ2) is 10.2. The predicted octanol–water partition coefficient (Wildman–Crippen LogP) is 5.17. The van der Waals surface area contributed by atoms with Crippen molar-refractivity contribution in [2.45, 2.75) is 32.0 Å². The number of hydrogen-bond acceptors (Lipinski definition) is 4. The summed E-state index contributed by atoms with van der Waals surface area (Å²) in [6, 6.07) is 19.2. The molecule has 1 atom stereocenters. The Kier molecular flexibility index (Phi) is 7.04. The van der Waals surface area contributed by atoms with Gasteiger partial charge in [0.05, 0.1) is 10.9 Å². The number of pyridine rings is 1. The van der Waals surface area contributed by atoms with E-state index in [1.165, 1.54) is 11.7 Å². The van der Waals surface area contributed by atoms with Crippen LogP contribution in [-0.2, 0) is 24.4 Å². The fourth-order valence-corrected chi connectivity index (χ4v) is 3.88. The average Bonchev–Trinajstić information content (AvgIpc) is 3.18. The van der Waals surface area contributed by atoms with Gasteiger partial charge in [0.15, 0.2) is 12.3 Å². The van der Waals surface area contributed by atoms with E-state index in [-0.39, 0.29) is 28.6 Å². The Labute approximate surface area is 200 Å². The Morgan fingerprint density at radius 3 is 2.40 bits per heavy atom. The smallest absolute Gasteiger partial charge is 0.417 e. The van der Waals surface area contributed by atoms with E-state index in [1.54, 1.807) is 30.3 Å². The first-order valence-electron chi connectivity index (χ1n) is 11.2. The van der Waals surface area contributed by atoms with Gasteiger partial charge in [0.1, 0.15) is 5.69 Å². The lowest BCUT2D eigenvalue weighted by Crippen LogP contribution is -2.36. The topological polar surface area (TPSA) is 69.0 Å². The number of nitrogens with one attached hydrogen (secondary N) is 1. The molecule has 0 saturated carbocycles. The van der Waals surface area contributed by atoms with Crippen molar-refractivity contribution in [3.8, 4) is 17.1 Å². The van der Waals surface area contributed by atoms with Crippen molar-refractivity contribution in [3.05, 3.63) is 77.9 Å². The molecule has 6 nitrogen and oxygen atoms in total. The van der Waals surface area contributed by atoms with Crippen LogP contribution in [0.5, 0.6) is 5.88 Å². The maximum Gasteiger partial charge on any atom is 0.417 e. The fourth-order valence-electron chi connectivity index (χ4n) is 3.88. The number of carbonyl (C=O) groups excluding carboxylic acids is 1. The lowest BCUT2D eigenvalue weighted by atomic mass is 10.0. The fraction of sp³-hybridized carbons (Fsp3) is 0.269. The monoisotopic (exact) mass is 482 g/mol. The number of amides is 1.